The van der Waals surface area contributed by atoms with Crippen molar-refractivity contribution in [3.05, 3.63) is 11.8 Å². The highest BCUT2D eigenvalue weighted by Crippen LogP contribution is 2.25. The third kappa shape index (κ3) is 4.78. The van der Waals surface area contributed by atoms with Crippen LogP contribution in [-0.2, 0) is 19.7 Å². The van der Waals surface area contributed by atoms with E-state index in [9.17, 15) is 9.90 Å². The van der Waals surface area contributed by atoms with E-state index >= 15 is 0 Å². The number of hydrogen-bond acceptors (Lipinski definition) is 7. The molecule has 8 heteroatoms. The Kier molecular flexibility index (Phi) is 6.21. The monoisotopic (exact) mass is 355 g/mol. The molecule has 25 heavy (non-hydrogen) atoms. The van der Waals surface area contributed by atoms with Crippen molar-refractivity contribution in [3.63, 3.8) is 0 Å². The second-order valence-corrected chi connectivity index (χ2v) is 7.58. The summed E-state index contributed by atoms with van der Waals surface area (Å²) in [5.74, 6) is 0.0523. The van der Waals surface area contributed by atoms with Gasteiger partial charge in [0, 0.05) is 18.0 Å². The standard InChI is InChI=1S/C17H29N3O5/c1-16(2,11-21)13-8-14(25-19-13)18-15(22)17(3,4)20(5)9-12-10-23-6-7-24-12/h8,12,21H,6-7,9-11H2,1-5H3,(H,18,22)/t12-/m0/s1. The number of aliphatic hydroxyl groups excluding tert-OH is 1. The molecule has 142 valence electrons. The van der Waals surface area contributed by atoms with Crippen LogP contribution in [0.15, 0.2) is 10.6 Å². The number of ether oxygens (including phenoxy) is 2. The van der Waals surface area contributed by atoms with Gasteiger partial charge in [0.05, 0.1) is 43.8 Å². The molecular weight excluding hydrogens is 326 g/mol. The molecule has 1 saturated heterocycles. The first-order valence-corrected chi connectivity index (χ1v) is 8.47. The van der Waals surface area contributed by atoms with Crippen molar-refractivity contribution >= 4 is 11.8 Å². The van der Waals surface area contributed by atoms with Gasteiger partial charge < -0.3 is 19.1 Å². The number of carbonyl (C=O) groups is 1. The van der Waals surface area contributed by atoms with Gasteiger partial charge in [0.1, 0.15) is 0 Å². The van der Waals surface area contributed by atoms with E-state index in [1.54, 1.807) is 6.07 Å². The number of anilines is 1. The van der Waals surface area contributed by atoms with E-state index < -0.39 is 11.0 Å². The molecule has 0 aromatic carbocycles. The van der Waals surface area contributed by atoms with Crippen LogP contribution in [0.1, 0.15) is 33.4 Å². The second kappa shape index (κ2) is 7.82. The van der Waals surface area contributed by atoms with Crippen LogP contribution in [-0.4, -0.2) is 72.7 Å². The van der Waals surface area contributed by atoms with Crippen LogP contribution in [0.25, 0.3) is 0 Å². The van der Waals surface area contributed by atoms with E-state index in [0.29, 0.717) is 32.1 Å². The van der Waals surface area contributed by atoms with Gasteiger partial charge in [-0.2, -0.15) is 0 Å². The summed E-state index contributed by atoms with van der Waals surface area (Å²) in [7, 11) is 1.87. The summed E-state index contributed by atoms with van der Waals surface area (Å²) in [5, 5.41) is 16.1. The normalized spacial score (nSPS) is 19.2. The maximum Gasteiger partial charge on any atom is 0.246 e. The minimum absolute atomic E-state index is 0.0481. The predicted octanol–water partition coefficient (Wildman–Crippen LogP) is 1.01. The highest BCUT2D eigenvalue weighted by Gasteiger charge is 2.35. The van der Waals surface area contributed by atoms with Gasteiger partial charge in [-0.15, -0.1) is 0 Å². The zero-order valence-corrected chi connectivity index (χ0v) is 15.7. The van der Waals surface area contributed by atoms with Crippen LogP contribution < -0.4 is 5.32 Å². The third-order valence-electron chi connectivity index (χ3n) is 4.71. The summed E-state index contributed by atoms with van der Waals surface area (Å²) in [5.41, 5.74) is -0.721. The molecule has 0 radical (unpaired) electrons. The van der Waals surface area contributed by atoms with E-state index in [1.165, 1.54) is 0 Å². The molecule has 1 aliphatic rings. The Labute approximate surface area is 148 Å². The number of aliphatic hydroxyl groups is 1. The van der Waals surface area contributed by atoms with Crippen LogP contribution in [0.5, 0.6) is 0 Å². The van der Waals surface area contributed by atoms with Crippen LogP contribution in [0, 0.1) is 0 Å². The Morgan fingerprint density at radius 2 is 2.12 bits per heavy atom. The first-order valence-electron chi connectivity index (χ1n) is 8.47. The number of nitrogens with one attached hydrogen (secondary N) is 1. The van der Waals surface area contributed by atoms with Crippen molar-refractivity contribution in [2.45, 2.75) is 44.8 Å². The number of amides is 1. The molecule has 0 bridgehead atoms. The number of nitrogens with zero attached hydrogens (tertiary/aromatic N) is 2. The number of hydrogen-bond donors (Lipinski definition) is 2. The van der Waals surface area contributed by atoms with Gasteiger partial charge in [-0.1, -0.05) is 19.0 Å². The molecule has 1 atom stereocenters. The van der Waals surface area contributed by atoms with Crippen LogP contribution in [0.4, 0.5) is 5.88 Å². The van der Waals surface area contributed by atoms with Gasteiger partial charge in [0.15, 0.2) is 0 Å². The fourth-order valence-electron chi connectivity index (χ4n) is 2.35. The van der Waals surface area contributed by atoms with Crippen LogP contribution >= 0.6 is 0 Å². The van der Waals surface area contributed by atoms with Crippen molar-refractivity contribution in [1.29, 1.82) is 0 Å². The van der Waals surface area contributed by atoms with Crippen molar-refractivity contribution in [1.82, 2.24) is 10.1 Å². The molecule has 2 heterocycles. The third-order valence-corrected chi connectivity index (χ3v) is 4.71. The van der Waals surface area contributed by atoms with Crippen molar-refractivity contribution in [2.75, 3.05) is 45.3 Å². The molecular formula is C17H29N3O5. The summed E-state index contributed by atoms with van der Waals surface area (Å²) in [6, 6.07) is 1.64. The van der Waals surface area contributed by atoms with Gasteiger partial charge in [-0.25, -0.2) is 0 Å². The van der Waals surface area contributed by atoms with Crippen LogP contribution in [0.2, 0.25) is 0 Å². The van der Waals surface area contributed by atoms with Crippen molar-refractivity contribution < 1.29 is 23.9 Å². The molecule has 0 spiro atoms. The Bertz CT molecular complexity index is 579. The average molecular weight is 355 g/mol. The zero-order valence-electron chi connectivity index (χ0n) is 15.7. The van der Waals surface area contributed by atoms with Gasteiger partial charge in [-0.3, -0.25) is 15.0 Å². The van der Waals surface area contributed by atoms with Crippen molar-refractivity contribution in [2.24, 2.45) is 0 Å². The van der Waals surface area contributed by atoms with E-state index in [1.807, 2.05) is 39.6 Å². The molecule has 1 fully saturated rings. The molecule has 2 rings (SSSR count). The molecule has 0 saturated carbocycles. The molecule has 0 aliphatic carbocycles. The van der Waals surface area contributed by atoms with E-state index in [-0.39, 0.29) is 24.5 Å². The van der Waals surface area contributed by atoms with Crippen molar-refractivity contribution in [3.8, 4) is 0 Å². The summed E-state index contributed by atoms with van der Waals surface area (Å²) < 4.78 is 16.2. The SMILES string of the molecule is CN(C[C@H]1COCCO1)C(C)(C)C(=O)Nc1cc(C(C)(C)CO)no1. The highest BCUT2D eigenvalue weighted by molar-refractivity contribution is 5.96. The smallest absolute Gasteiger partial charge is 0.246 e. The highest BCUT2D eigenvalue weighted by atomic mass is 16.6. The van der Waals surface area contributed by atoms with Gasteiger partial charge in [0.2, 0.25) is 11.8 Å². The lowest BCUT2D eigenvalue weighted by Gasteiger charge is -2.36. The largest absolute Gasteiger partial charge is 0.395 e. The van der Waals surface area contributed by atoms with E-state index in [0.717, 1.165) is 0 Å². The number of aromatic nitrogens is 1. The zero-order chi connectivity index (χ0) is 18.7. The topological polar surface area (TPSA) is 97.1 Å². The molecule has 1 aromatic rings. The molecule has 2 N–H and O–H groups in total. The number of likely N-dealkylation sites (N-methyl/N-ethyl adjacent to an activating group) is 1. The van der Waals surface area contributed by atoms with E-state index in [4.69, 9.17) is 14.0 Å². The van der Waals surface area contributed by atoms with E-state index in [2.05, 4.69) is 10.5 Å². The summed E-state index contributed by atoms with van der Waals surface area (Å²) in [4.78, 5) is 14.6. The summed E-state index contributed by atoms with van der Waals surface area (Å²) in [6.45, 7) is 9.60. The average Bonchev–Trinajstić information content (AvgIpc) is 3.05. The molecule has 8 nitrogen and oxygen atoms in total. The minimum atomic E-state index is -0.778. The number of rotatable bonds is 7. The summed E-state index contributed by atoms with van der Waals surface area (Å²) >= 11 is 0. The molecule has 1 aromatic heterocycles. The first-order chi connectivity index (χ1) is 11.7. The maximum atomic E-state index is 12.7. The fraction of sp³-hybridized carbons (Fsp3) is 0.765. The Morgan fingerprint density at radius 1 is 1.40 bits per heavy atom. The lowest BCUT2D eigenvalue weighted by atomic mass is 9.91. The lowest BCUT2D eigenvalue weighted by Crippen LogP contribution is -2.54. The fourth-order valence-corrected chi connectivity index (χ4v) is 2.35. The summed E-state index contributed by atoms with van der Waals surface area (Å²) in [6.07, 6.45) is -0.0481. The molecule has 0 unspecified atom stereocenters. The second-order valence-electron chi connectivity index (χ2n) is 7.58. The molecule has 1 aliphatic heterocycles. The maximum absolute atomic E-state index is 12.7. The Balaban J connectivity index is 1.98. The Hall–Kier alpha value is -1.48. The van der Waals surface area contributed by atoms with Gasteiger partial charge in [0.25, 0.3) is 0 Å². The van der Waals surface area contributed by atoms with Gasteiger partial charge in [-0.05, 0) is 20.9 Å². The number of carbonyl (C=O) groups excluding carboxylic acids is 1. The van der Waals surface area contributed by atoms with Gasteiger partial charge >= 0.3 is 0 Å². The first kappa shape index (κ1) is 19.8. The van der Waals surface area contributed by atoms with Crippen LogP contribution in [0.3, 0.4) is 0 Å². The lowest BCUT2D eigenvalue weighted by molar-refractivity contribution is -0.130. The molecule has 1 amide bonds. The minimum Gasteiger partial charge on any atom is -0.395 e. The predicted molar refractivity (Wildman–Crippen MR) is 92.5 cm³/mol. The Morgan fingerprint density at radius 3 is 2.72 bits per heavy atom. The quantitative estimate of drug-likeness (QED) is 0.753.